The molecule has 2 unspecified atom stereocenters. The molecule has 33 heavy (non-hydrogen) atoms. The number of piperidine rings is 1. The first-order valence-corrected chi connectivity index (χ1v) is 10.6. The summed E-state index contributed by atoms with van der Waals surface area (Å²) in [6, 6.07) is 12.2. The van der Waals surface area contributed by atoms with Gasteiger partial charge in [0.2, 0.25) is 0 Å². The highest BCUT2D eigenvalue weighted by molar-refractivity contribution is 5.94. The van der Waals surface area contributed by atoms with Crippen LogP contribution in [0.15, 0.2) is 65.7 Å². The van der Waals surface area contributed by atoms with E-state index in [1.54, 1.807) is 47.3 Å². The fourth-order valence-corrected chi connectivity index (χ4v) is 4.94. The number of benzene rings is 1. The minimum Gasteiger partial charge on any atom is -0.406 e. The number of carbonyl (C=O) groups excluding carboxylic acids is 1. The maximum absolute atomic E-state index is 13.0. The Kier molecular flexibility index (Phi) is 5.19. The standard InChI is InChI=1S/C24H20F3N3O3/c25-24(26,27)33-19-3-1-16(2-4-19)20-5-6-21(31)30-13-15-11-18(22(20)30)14-29(12-15)23(32)17-7-9-28-10-8-17/h1-10,15,18H,11-14H2. The minimum absolute atomic E-state index is 0.0571. The largest absolute Gasteiger partial charge is 0.573 e. The average Bonchev–Trinajstić information content (AvgIpc) is 2.79. The van der Waals surface area contributed by atoms with Gasteiger partial charge in [0, 0.05) is 60.8 Å². The zero-order chi connectivity index (χ0) is 23.2. The van der Waals surface area contributed by atoms with Gasteiger partial charge in [0.05, 0.1) is 0 Å². The molecule has 2 bridgehead atoms. The van der Waals surface area contributed by atoms with Gasteiger partial charge in [-0.1, -0.05) is 12.1 Å². The average molecular weight is 455 g/mol. The van der Waals surface area contributed by atoms with Crippen LogP contribution in [0.4, 0.5) is 13.2 Å². The van der Waals surface area contributed by atoms with Gasteiger partial charge < -0.3 is 14.2 Å². The van der Waals surface area contributed by atoms with Crippen LogP contribution in [0.3, 0.4) is 0 Å². The van der Waals surface area contributed by atoms with Crippen molar-refractivity contribution in [3.63, 3.8) is 0 Å². The molecule has 1 amide bonds. The molecule has 2 aliphatic heterocycles. The maximum atomic E-state index is 13.0. The van der Waals surface area contributed by atoms with Gasteiger partial charge in [0.15, 0.2) is 0 Å². The van der Waals surface area contributed by atoms with E-state index in [1.165, 1.54) is 18.2 Å². The minimum atomic E-state index is -4.76. The predicted molar refractivity (Wildman–Crippen MR) is 114 cm³/mol. The van der Waals surface area contributed by atoms with Gasteiger partial charge >= 0.3 is 6.36 Å². The molecule has 2 aromatic heterocycles. The summed E-state index contributed by atoms with van der Waals surface area (Å²) in [5.41, 5.74) is 2.72. The molecule has 1 aromatic carbocycles. The lowest BCUT2D eigenvalue weighted by Gasteiger charge is -2.43. The lowest BCUT2D eigenvalue weighted by molar-refractivity contribution is -0.274. The van der Waals surface area contributed by atoms with Crippen LogP contribution in [-0.2, 0) is 6.54 Å². The van der Waals surface area contributed by atoms with Gasteiger partial charge in [-0.3, -0.25) is 14.6 Å². The highest BCUT2D eigenvalue weighted by Gasteiger charge is 2.38. The smallest absolute Gasteiger partial charge is 0.406 e. The quantitative estimate of drug-likeness (QED) is 0.597. The van der Waals surface area contributed by atoms with Gasteiger partial charge in [-0.2, -0.15) is 0 Å². The van der Waals surface area contributed by atoms with E-state index in [4.69, 9.17) is 0 Å². The summed E-state index contributed by atoms with van der Waals surface area (Å²) in [5.74, 6) is -0.287. The molecular weight excluding hydrogens is 435 g/mol. The van der Waals surface area contributed by atoms with Crippen molar-refractivity contribution >= 4 is 5.91 Å². The molecule has 3 aromatic rings. The van der Waals surface area contributed by atoms with E-state index < -0.39 is 6.36 Å². The van der Waals surface area contributed by atoms with E-state index >= 15 is 0 Å². The predicted octanol–water partition coefficient (Wildman–Crippen LogP) is 4.07. The molecule has 170 valence electrons. The van der Waals surface area contributed by atoms with Crippen molar-refractivity contribution in [2.45, 2.75) is 25.2 Å². The second kappa shape index (κ2) is 8.06. The van der Waals surface area contributed by atoms with Crippen molar-refractivity contribution in [3.8, 4) is 16.9 Å². The fraction of sp³-hybridized carbons (Fsp3) is 0.292. The van der Waals surface area contributed by atoms with Gasteiger partial charge in [-0.05, 0) is 48.2 Å². The van der Waals surface area contributed by atoms with Crippen LogP contribution >= 0.6 is 0 Å². The maximum Gasteiger partial charge on any atom is 0.573 e. The second-order valence-electron chi connectivity index (χ2n) is 8.40. The van der Waals surface area contributed by atoms with Crippen LogP contribution in [0.5, 0.6) is 5.75 Å². The number of nitrogens with zero attached hydrogens (tertiary/aromatic N) is 3. The van der Waals surface area contributed by atoms with E-state index in [0.29, 0.717) is 30.8 Å². The SMILES string of the molecule is O=C(c1ccncc1)N1CC2CC(C1)c1c(-c3ccc(OC(F)(F)F)cc3)ccc(=O)n1C2. The molecule has 0 aliphatic carbocycles. The Morgan fingerprint density at radius 1 is 0.970 bits per heavy atom. The van der Waals surface area contributed by atoms with Crippen LogP contribution in [0.25, 0.3) is 11.1 Å². The van der Waals surface area contributed by atoms with Gasteiger partial charge in [-0.25, -0.2) is 0 Å². The fourth-order valence-electron chi connectivity index (χ4n) is 4.94. The van der Waals surface area contributed by atoms with Crippen LogP contribution in [-0.4, -0.2) is 39.8 Å². The number of likely N-dealkylation sites (tertiary alicyclic amines) is 1. The topological polar surface area (TPSA) is 64.4 Å². The molecular formula is C24H20F3N3O3. The van der Waals surface area contributed by atoms with Crippen LogP contribution in [0.1, 0.15) is 28.4 Å². The highest BCUT2D eigenvalue weighted by atomic mass is 19.4. The third-order valence-corrected chi connectivity index (χ3v) is 6.20. The second-order valence-corrected chi connectivity index (χ2v) is 8.40. The third kappa shape index (κ3) is 4.22. The molecule has 1 saturated heterocycles. The van der Waals surface area contributed by atoms with Crippen molar-refractivity contribution < 1.29 is 22.7 Å². The van der Waals surface area contributed by atoms with E-state index in [0.717, 1.165) is 17.7 Å². The van der Waals surface area contributed by atoms with E-state index in [-0.39, 0.29) is 29.1 Å². The number of hydrogen-bond donors (Lipinski definition) is 0. The number of carbonyl (C=O) groups is 1. The molecule has 0 radical (unpaired) electrons. The summed E-state index contributed by atoms with van der Waals surface area (Å²) in [6.07, 6.45) is -0.761. The zero-order valence-electron chi connectivity index (χ0n) is 17.5. The first kappa shape index (κ1) is 21.2. The molecule has 4 heterocycles. The summed E-state index contributed by atoms with van der Waals surface area (Å²) >= 11 is 0. The number of fused-ring (bicyclic) bond motifs is 4. The highest BCUT2D eigenvalue weighted by Crippen LogP contribution is 2.40. The number of pyridine rings is 2. The molecule has 6 nitrogen and oxygen atoms in total. The van der Waals surface area contributed by atoms with Crippen molar-refractivity contribution in [1.29, 1.82) is 0 Å². The normalized spacial score (nSPS) is 19.7. The lowest BCUT2D eigenvalue weighted by Crippen LogP contribution is -2.49. The van der Waals surface area contributed by atoms with Crippen molar-refractivity contribution in [2.24, 2.45) is 5.92 Å². The van der Waals surface area contributed by atoms with E-state index in [2.05, 4.69) is 9.72 Å². The van der Waals surface area contributed by atoms with Gasteiger partial charge in [0.25, 0.3) is 11.5 Å². The lowest BCUT2D eigenvalue weighted by atomic mass is 9.80. The van der Waals surface area contributed by atoms with Crippen molar-refractivity contribution in [2.75, 3.05) is 13.1 Å². The molecule has 1 fully saturated rings. The molecule has 0 saturated carbocycles. The summed E-state index contributed by atoms with van der Waals surface area (Å²) < 4.78 is 43.2. The number of aromatic nitrogens is 2. The number of alkyl halides is 3. The van der Waals surface area contributed by atoms with Crippen molar-refractivity contribution in [3.05, 3.63) is 82.5 Å². The summed E-state index contributed by atoms with van der Waals surface area (Å²) in [5, 5.41) is 0. The molecule has 2 atom stereocenters. The zero-order valence-corrected chi connectivity index (χ0v) is 17.5. The van der Waals surface area contributed by atoms with Gasteiger partial charge in [-0.15, -0.1) is 13.2 Å². The van der Waals surface area contributed by atoms with Crippen molar-refractivity contribution in [1.82, 2.24) is 14.5 Å². The Hall–Kier alpha value is -3.62. The number of hydrogen-bond acceptors (Lipinski definition) is 4. The molecule has 9 heteroatoms. The number of amides is 1. The molecule has 0 N–H and O–H groups in total. The Balaban J connectivity index is 1.48. The first-order valence-electron chi connectivity index (χ1n) is 10.6. The Morgan fingerprint density at radius 3 is 2.39 bits per heavy atom. The Morgan fingerprint density at radius 2 is 1.70 bits per heavy atom. The summed E-state index contributed by atoms with van der Waals surface area (Å²) in [6.45, 7) is 1.52. The summed E-state index contributed by atoms with van der Waals surface area (Å²) in [4.78, 5) is 31.5. The van der Waals surface area contributed by atoms with E-state index in [1.807, 2.05) is 4.90 Å². The van der Waals surface area contributed by atoms with Crippen LogP contribution in [0, 0.1) is 5.92 Å². The first-order chi connectivity index (χ1) is 15.8. The molecule has 2 aliphatic rings. The third-order valence-electron chi connectivity index (χ3n) is 6.20. The molecule has 5 rings (SSSR count). The summed E-state index contributed by atoms with van der Waals surface area (Å²) in [7, 11) is 0. The number of ether oxygens (including phenoxy) is 1. The number of rotatable bonds is 3. The Bertz CT molecular complexity index is 1240. The van der Waals surface area contributed by atoms with Crippen LogP contribution in [0.2, 0.25) is 0 Å². The van der Waals surface area contributed by atoms with Crippen LogP contribution < -0.4 is 10.3 Å². The monoisotopic (exact) mass is 455 g/mol. The molecule has 0 spiro atoms. The van der Waals surface area contributed by atoms with E-state index in [9.17, 15) is 22.8 Å². The van der Waals surface area contributed by atoms with Gasteiger partial charge in [0.1, 0.15) is 5.75 Å². The number of halogens is 3. The Labute approximate surface area is 187 Å².